The van der Waals surface area contributed by atoms with Crippen molar-refractivity contribution in [3.05, 3.63) is 77.9 Å². The largest absolute Gasteiger partial charge is 0.294 e. The maximum atomic E-state index is 13.2. The van der Waals surface area contributed by atoms with Crippen molar-refractivity contribution in [1.82, 2.24) is 0 Å². The van der Waals surface area contributed by atoms with Crippen molar-refractivity contribution in [3.63, 3.8) is 0 Å². The third-order valence-corrected chi connectivity index (χ3v) is 11.2. The summed E-state index contributed by atoms with van der Waals surface area (Å²) in [5, 5.41) is 0.142. The van der Waals surface area contributed by atoms with Crippen LogP contribution in [-0.2, 0) is 0 Å². The third-order valence-electron chi connectivity index (χ3n) is 5.33. The molecule has 0 amide bonds. The van der Waals surface area contributed by atoms with Crippen molar-refractivity contribution < 1.29 is 4.79 Å². The molecule has 2 heteroatoms. The van der Waals surface area contributed by atoms with E-state index in [-0.39, 0.29) is 16.4 Å². The van der Waals surface area contributed by atoms with Gasteiger partial charge >= 0.3 is 0 Å². The fourth-order valence-electron chi connectivity index (χ4n) is 2.68. The van der Waals surface area contributed by atoms with Crippen LogP contribution >= 0.6 is 0 Å². The molecule has 0 heterocycles. The fourth-order valence-corrected chi connectivity index (χ4v) is 5.01. The molecule has 2 rings (SSSR count). The van der Waals surface area contributed by atoms with Gasteiger partial charge in [-0.05, 0) is 10.6 Å². The molecule has 0 spiro atoms. The van der Waals surface area contributed by atoms with E-state index in [1.54, 1.807) is 0 Å². The fraction of sp³-hybridized carbons (Fsp3) is 0.318. The zero-order chi connectivity index (χ0) is 17.8. The van der Waals surface area contributed by atoms with Gasteiger partial charge in [0.25, 0.3) is 0 Å². The Morgan fingerprint density at radius 1 is 0.917 bits per heavy atom. The van der Waals surface area contributed by atoms with E-state index in [2.05, 4.69) is 58.2 Å². The third kappa shape index (κ3) is 4.12. The second-order valence-corrected chi connectivity index (χ2v) is 13.5. The molecule has 1 unspecified atom stereocenters. The molecule has 0 aliphatic rings. The lowest BCUT2D eigenvalue weighted by molar-refractivity contribution is 0.0992. The van der Waals surface area contributed by atoms with E-state index in [1.165, 1.54) is 0 Å². The highest BCUT2D eigenvalue weighted by atomic mass is 28.3. The van der Waals surface area contributed by atoms with Gasteiger partial charge < -0.3 is 0 Å². The Labute approximate surface area is 147 Å². The molecule has 0 aliphatic carbocycles. The first-order chi connectivity index (χ1) is 11.2. The molecule has 2 aromatic rings. The van der Waals surface area contributed by atoms with E-state index in [0.29, 0.717) is 0 Å². The van der Waals surface area contributed by atoms with Crippen LogP contribution in [0.25, 0.3) is 6.08 Å². The first kappa shape index (κ1) is 18.4. The average Bonchev–Trinajstić information content (AvgIpc) is 2.55. The second kappa shape index (κ2) is 7.31. The van der Waals surface area contributed by atoms with Gasteiger partial charge in [-0.3, -0.25) is 4.79 Å². The van der Waals surface area contributed by atoms with Crippen LogP contribution in [0.5, 0.6) is 0 Å². The molecule has 0 aromatic heterocycles. The van der Waals surface area contributed by atoms with Crippen LogP contribution in [0.15, 0.2) is 66.7 Å². The predicted octanol–water partition coefficient (Wildman–Crippen LogP) is 6.46. The molecule has 2 aromatic carbocycles. The minimum Gasteiger partial charge on any atom is -0.294 e. The molecule has 0 saturated heterocycles. The molecule has 0 saturated carbocycles. The lowest BCUT2D eigenvalue weighted by atomic mass is 10.1. The van der Waals surface area contributed by atoms with Crippen LogP contribution < -0.4 is 0 Å². The first-order valence-corrected chi connectivity index (χ1v) is 11.6. The minimum atomic E-state index is -1.87. The minimum absolute atomic E-state index is 0.0416. The van der Waals surface area contributed by atoms with Gasteiger partial charge in [0.15, 0.2) is 5.78 Å². The number of carbonyl (C=O) groups is 1. The predicted molar refractivity (Wildman–Crippen MR) is 107 cm³/mol. The van der Waals surface area contributed by atoms with Crippen LogP contribution in [0, 0.1) is 0 Å². The maximum Gasteiger partial charge on any atom is 0.167 e. The van der Waals surface area contributed by atoms with E-state index in [4.69, 9.17) is 0 Å². The number of allylic oxidation sites excluding steroid dienone is 1. The Morgan fingerprint density at radius 2 is 1.42 bits per heavy atom. The highest BCUT2D eigenvalue weighted by molar-refractivity contribution is 6.85. The molecular formula is C22H28OSi. The zero-order valence-corrected chi connectivity index (χ0v) is 16.4. The van der Waals surface area contributed by atoms with Crippen molar-refractivity contribution in [1.29, 1.82) is 0 Å². The summed E-state index contributed by atoms with van der Waals surface area (Å²) >= 11 is 0. The molecule has 126 valence electrons. The molecule has 1 atom stereocenters. The number of rotatable bonds is 5. The summed E-state index contributed by atoms with van der Waals surface area (Å²) < 4.78 is 0. The van der Waals surface area contributed by atoms with E-state index in [1.807, 2.05) is 48.5 Å². The number of carbonyl (C=O) groups excluding carboxylic acids is 1. The van der Waals surface area contributed by atoms with Gasteiger partial charge in [-0.25, -0.2) is 0 Å². The smallest absolute Gasteiger partial charge is 0.167 e. The van der Waals surface area contributed by atoms with E-state index < -0.39 is 8.07 Å². The monoisotopic (exact) mass is 336 g/mol. The quantitative estimate of drug-likeness (QED) is 0.452. The molecule has 0 radical (unpaired) electrons. The van der Waals surface area contributed by atoms with Crippen molar-refractivity contribution in [2.75, 3.05) is 0 Å². The zero-order valence-electron chi connectivity index (χ0n) is 15.4. The molecular weight excluding hydrogens is 308 g/mol. The van der Waals surface area contributed by atoms with Crippen molar-refractivity contribution in [3.8, 4) is 0 Å². The molecule has 0 aliphatic heterocycles. The molecule has 1 nitrogen and oxygen atoms in total. The molecule has 24 heavy (non-hydrogen) atoms. The van der Waals surface area contributed by atoms with Crippen molar-refractivity contribution >= 4 is 19.9 Å². The van der Waals surface area contributed by atoms with Gasteiger partial charge in [0.1, 0.15) is 0 Å². The summed E-state index contributed by atoms with van der Waals surface area (Å²) in [7, 11) is -1.87. The number of hydrogen-bond donors (Lipinski definition) is 0. The highest BCUT2D eigenvalue weighted by Gasteiger charge is 2.44. The van der Waals surface area contributed by atoms with Gasteiger partial charge in [0.05, 0.1) is 8.07 Å². The van der Waals surface area contributed by atoms with E-state index in [0.717, 1.165) is 11.1 Å². The molecule has 0 fully saturated rings. The average molecular weight is 337 g/mol. The molecule has 0 bridgehead atoms. The first-order valence-electron chi connectivity index (χ1n) is 8.56. The topological polar surface area (TPSA) is 17.1 Å². The standard InChI is InChI=1S/C22H28OSi/c1-22(2,3)24(4,5)20(17-16-18-12-8-6-9-13-18)21(23)19-14-10-7-11-15-19/h6-17,20H,1-5H3/b17-16+. The Morgan fingerprint density at radius 3 is 1.92 bits per heavy atom. The van der Waals surface area contributed by atoms with Gasteiger partial charge in [0.2, 0.25) is 0 Å². The summed E-state index contributed by atoms with van der Waals surface area (Å²) in [6.07, 6.45) is 4.24. The van der Waals surface area contributed by atoms with Crippen LogP contribution in [0.2, 0.25) is 23.7 Å². The Hall–Kier alpha value is -1.93. The number of benzene rings is 2. The molecule has 0 N–H and O–H groups in total. The van der Waals surface area contributed by atoms with E-state index in [9.17, 15) is 4.79 Å². The summed E-state index contributed by atoms with van der Waals surface area (Å²) in [6.45, 7) is 11.4. The van der Waals surface area contributed by atoms with Crippen molar-refractivity contribution in [2.45, 2.75) is 44.4 Å². The van der Waals surface area contributed by atoms with Gasteiger partial charge in [0, 0.05) is 11.1 Å². The Balaban J connectivity index is 2.42. The number of ketones is 1. The van der Waals surface area contributed by atoms with Crippen molar-refractivity contribution in [2.24, 2.45) is 0 Å². The summed E-state index contributed by atoms with van der Waals surface area (Å²) in [4.78, 5) is 13.2. The van der Waals surface area contributed by atoms with Gasteiger partial charge in [-0.15, -0.1) is 0 Å². The SMILES string of the molecule is CC(C)(C)[Si](C)(C)C(/C=C/c1ccccc1)C(=O)c1ccccc1. The highest BCUT2D eigenvalue weighted by Crippen LogP contribution is 2.45. The number of Topliss-reactive ketones (excluding diaryl/α,β-unsaturated/α-hetero) is 1. The lowest BCUT2D eigenvalue weighted by Gasteiger charge is -2.41. The summed E-state index contributed by atoms with van der Waals surface area (Å²) in [5.74, 6) is 0.245. The Kier molecular flexibility index (Phi) is 5.61. The Bertz CT molecular complexity index is 694. The van der Waals surface area contributed by atoms with Crippen LogP contribution in [-0.4, -0.2) is 13.9 Å². The number of hydrogen-bond acceptors (Lipinski definition) is 1. The lowest BCUT2D eigenvalue weighted by Crippen LogP contribution is -2.44. The van der Waals surface area contributed by atoms with Crippen LogP contribution in [0.4, 0.5) is 0 Å². The van der Waals surface area contributed by atoms with Crippen LogP contribution in [0.3, 0.4) is 0 Å². The normalized spacial score (nSPS) is 13.9. The summed E-state index contributed by atoms with van der Waals surface area (Å²) in [6, 6.07) is 19.9. The maximum absolute atomic E-state index is 13.2. The summed E-state index contributed by atoms with van der Waals surface area (Å²) in [5.41, 5.74) is 1.91. The van der Waals surface area contributed by atoms with Crippen LogP contribution in [0.1, 0.15) is 36.7 Å². The second-order valence-electron chi connectivity index (χ2n) is 7.95. The van der Waals surface area contributed by atoms with Gasteiger partial charge in [-0.2, -0.15) is 0 Å². The van der Waals surface area contributed by atoms with E-state index >= 15 is 0 Å². The van der Waals surface area contributed by atoms with Gasteiger partial charge in [-0.1, -0.05) is 107 Å².